The van der Waals surface area contributed by atoms with E-state index in [1.54, 1.807) is 6.92 Å². The van der Waals surface area contributed by atoms with E-state index in [4.69, 9.17) is 53.2 Å². The summed E-state index contributed by atoms with van der Waals surface area (Å²) in [6.07, 6.45) is -7.63. The molecular formula is C66H127F20NO15S. The van der Waals surface area contributed by atoms with Gasteiger partial charge in [0.05, 0.1) is 38.3 Å². The topological polar surface area (TPSA) is 215 Å². The van der Waals surface area contributed by atoms with Gasteiger partial charge in [0.25, 0.3) is 0 Å². The fraction of sp³-hybridized carbons (Fsp3) is 0.939. The predicted molar refractivity (Wildman–Crippen MR) is 360 cm³/mol. The number of carbonyl (C=O) groups is 4. The lowest BCUT2D eigenvalue weighted by Crippen LogP contribution is -2.68. The standard InChI is InChI=1S/C21H28F12O4S.C19H29F8NO5.C18H38O6.8CH4/c1-4-13(11-12(2)14(34)37-9-6-8-36-3)15(35)38-10-5-7-17(24,25)19(28,29)21(32,33)20(30,31)18(26,27)16(22)23;1-4-16(3,11-12(2)13(30)33-10-9-32-8-7-29)15(31)28-6-5-17(22,23)19(26,27)18(24,25)14(20)21;19-9-5-13-23-17-7-15-21-11-3-1-2-4-12-22-16-8-18-24-14-6-10-20;;;;;;;;/h12-13,16H,4-11H2,1-3H3;12,14,29H,4-11H2,1-3H3,(H,28,31);19-20H,1-18H2;8*1H4. The summed E-state index contributed by atoms with van der Waals surface area (Å²) in [6.45, 7) is 12.5. The van der Waals surface area contributed by atoms with Crippen molar-refractivity contribution in [3.63, 3.8) is 0 Å². The van der Waals surface area contributed by atoms with Gasteiger partial charge in [-0.1, -0.05) is 119 Å². The lowest BCUT2D eigenvalue weighted by molar-refractivity contribution is -0.413. The summed E-state index contributed by atoms with van der Waals surface area (Å²) in [7, 11) is 1.44. The molecule has 4 unspecified atom stereocenters. The zero-order chi connectivity index (χ0) is 73.8. The van der Waals surface area contributed by atoms with E-state index in [1.165, 1.54) is 47.6 Å². The van der Waals surface area contributed by atoms with Crippen molar-refractivity contribution in [2.45, 2.75) is 257 Å². The molecule has 0 bridgehead atoms. The largest absolute Gasteiger partial charge is 0.465 e. The number of esters is 2. The van der Waals surface area contributed by atoms with Crippen LogP contribution in [0.25, 0.3) is 0 Å². The van der Waals surface area contributed by atoms with Gasteiger partial charge in [0.1, 0.15) is 6.61 Å². The van der Waals surface area contributed by atoms with E-state index >= 15 is 0 Å². The minimum atomic E-state index is -7.56. The molecule has 632 valence electrons. The molecule has 0 radical (unpaired) electrons. The molecule has 0 rings (SSSR count). The average molecular weight is 1590 g/mol. The number of halogens is 20. The molecule has 16 nitrogen and oxygen atoms in total. The normalized spacial score (nSPS) is 13.4. The van der Waals surface area contributed by atoms with Crippen LogP contribution in [-0.2, 0) is 57.1 Å². The number of carbonyl (C=O) groups excluding carboxylic acids is 4. The van der Waals surface area contributed by atoms with Crippen LogP contribution in [0.1, 0.15) is 197 Å². The summed E-state index contributed by atoms with van der Waals surface area (Å²) in [5, 5.41) is 27.0. The number of nitrogens with one attached hydrogen (secondary N) is 1. The van der Waals surface area contributed by atoms with Crippen LogP contribution in [0.4, 0.5) is 87.8 Å². The molecule has 37 heteroatoms. The van der Waals surface area contributed by atoms with Crippen molar-refractivity contribution in [1.29, 1.82) is 0 Å². The smallest absolute Gasteiger partial charge is 0.384 e. The molecule has 0 aromatic heterocycles. The molecule has 0 aliphatic rings. The molecular weight excluding hydrogens is 1460 g/mol. The Kier molecular flexibility index (Phi) is 76.2. The summed E-state index contributed by atoms with van der Waals surface area (Å²) >= 11 is 0.319. The Bertz CT molecular complexity index is 2020. The first kappa shape index (κ1) is 123. The fourth-order valence-corrected chi connectivity index (χ4v) is 8.75. The number of rotatable bonds is 55. The molecule has 0 aromatic carbocycles. The molecule has 0 aliphatic heterocycles. The van der Waals surface area contributed by atoms with Crippen molar-refractivity contribution in [3.05, 3.63) is 0 Å². The Morgan fingerprint density at radius 1 is 0.437 bits per heavy atom. The minimum absolute atomic E-state index is 0. The zero-order valence-corrected chi connectivity index (χ0v) is 55.0. The van der Waals surface area contributed by atoms with Crippen molar-refractivity contribution in [3.8, 4) is 0 Å². The van der Waals surface area contributed by atoms with E-state index in [1.807, 2.05) is 5.32 Å². The molecule has 103 heavy (non-hydrogen) atoms. The Labute approximate surface area is 603 Å². The van der Waals surface area contributed by atoms with E-state index in [2.05, 4.69) is 0 Å². The number of ether oxygens (including phenoxy) is 8. The van der Waals surface area contributed by atoms with Crippen molar-refractivity contribution in [2.24, 2.45) is 23.2 Å². The molecule has 4 N–H and O–H groups in total. The monoisotopic (exact) mass is 1590 g/mol. The van der Waals surface area contributed by atoms with E-state index < -0.39 is 138 Å². The van der Waals surface area contributed by atoms with Crippen molar-refractivity contribution >= 4 is 34.7 Å². The quantitative estimate of drug-likeness (QED) is 0.0253. The maximum atomic E-state index is 13.8. The van der Waals surface area contributed by atoms with Gasteiger partial charge >= 0.3 is 72.2 Å². The third-order valence-corrected chi connectivity index (χ3v) is 15.0. The highest BCUT2D eigenvalue weighted by atomic mass is 32.2. The number of unbranched alkanes of at least 4 members (excludes halogenated alkanes) is 3. The number of hydrogen-bond acceptors (Lipinski definition) is 16. The Balaban J connectivity index is -0.000000135. The van der Waals surface area contributed by atoms with Gasteiger partial charge < -0.3 is 58.5 Å². The first-order valence-corrected chi connectivity index (χ1v) is 31.6. The van der Waals surface area contributed by atoms with Crippen LogP contribution in [0.5, 0.6) is 0 Å². The first-order valence-electron chi connectivity index (χ1n) is 30.6. The number of hydrogen-bond donors (Lipinski definition) is 4. The highest BCUT2D eigenvalue weighted by Crippen LogP contribution is 2.59. The third-order valence-electron chi connectivity index (χ3n) is 13.9. The van der Waals surface area contributed by atoms with Crippen molar-refractivity contribution < 1.29 is 160 Å². The van der Waals surface area contributed by atoms with Gasteiger partial charge in [-0.3, -0.25) is 19.2 Å². The predicted octanol–water partition coefficient (Wildman–Crippen LogP) is 18.0. The molecule has 0 aromatic rings. The summed E-state index contributed by atoms with van der Waals surface area (Å²) in [6, 6.07) is 0. The molecule has 0 aliphatic carbocycles. The number of amides is 1. The number of methoxy groups -OCH3 is 1. The number of aliphatic hydroxyl groups is 3. The molecule has 0 spiro atoms. The highest BCUT2D eigenvalue weighted by molar-refractivity contribution is 8.13. The van der Waals surface area contributed by atoms with Crippen LogP contribution in [-0.4, -0.2) is 224 Å². The lowest BCUT2D eigenvalue weighted by Gasteiger charge is -2.39. The van der Waals surface area contributed by atoms with Crippen LogP contribution < -0.4 is 5.32 Å². The van der Waals surface area contributed by atoms with Crippen LogP contribution in [0, 0.1) is 23.2 Å². The van der Waals surface area contributed by atoms with E-state index in [0.717, 1.165) is 52.1 Å². The number of alkyl halides is 20. The van der Waals surface area contributed by atoms with Gasteiger partial charge in [-0.25, -0.2) is 17.6 Å². The second kappa shape index (κ2) is 63.6. The zero-order valence-electron chi connectivity index (χ0n) is 54.1. The second-order valence-electron chi connectivity index (χ2n) is 21.8. The molecule has 0 heterocycles. The maximum absolute atomic E-state index is 13.8. The Hall–Kier alpha value is -3.33. The third kappa shape index (κ3) is 44.7. The van der Waals surface area contributed by atoms with E-state index in [-0.39, 0.29) is 131 Å². The maximum Gasteiger partial charge on any atom is 0.384 e. The lowest BCUT2D eigenvalue weighted by atomic mass is 9.78. The number of aliphatic hydroxyl groups excluding tert-OH is 3. The van der Waals surface area contributed by atoms with Crippen LogP contribution in [0.2, 0.25) is 0 Å². The van der Waals surface area contributed by atoms with Gasteiger partial charge in [0.15, 0.2) is 5.12 Å². The number of thioether (sulfide) groups is 1. The molecule has 0 saturated carbocycles. The van der Waals surface area contributed by atoms with Gasteiger partial charge in [0, 0.05) is 123 Å². The summed E-state index contributed by atoms with van der Waals surface area (Å²) in [5.74, 6) is -58.8. The Morgan fingerprint density at radius 3 is 1.23 bits per heavy atom. The van der Waals surface area contributed by atoms with Crippen LogP contribution in [0.15, 0.2) is 0 Å². The van der Waals surface area contributed by atoms with E-state index in [9.17, 15) is 107 Å². The van der Waals surface area contributed by atoms with Crippen molar-refractivity contribution in [1.82, 2.24) is 5.32 Å². The fourth-order valence-electron chi connectivity index (χ4n) is 7.77. The van der Waals surface area contributed by atoms with Gasteiger partial charge in [-0.05, 0) is 70.6 Å². The second-order valence-corrected chi connectivity index (χ2v) is 22.9. The highest BCUT2D eigenvalue weighted by Gasteiger charge is 2.87. The summed E-state index contributed by atoms with van der Waals surface area (Å²) in [5.41, 5.74) is -1.34. The SMILES string of the molecule is C.C.C.C.C.C.C.C.CCC(C)(CC(C)C(=O)OCCOCCO)C(=O)NCCC(F)(F)C(F)(F)C(F)(F)C(F)F.CCC(CC(C)C(=O)OCCCOC)C(=O)SCCCC(F)(F)C(F)(F)C(F)(F)C(F)(F)C(F)(F)C(F)F.OCCCOCCCOCCCCCCOCCCOCCCO. The van der Waals surface area contributed by atoms with Gasteiger partial charge in [-0.15, -0.1) is 0 Å². The molecule has 0 fully saturated rings. The van der Waals surface area contributed by atoms with Crippen LogP contribution in [0.3, 0.4) is 0 Å². The van der Waals surface area contributed by atoms with Gasteiger partial charge in [-0.2, -0.15) is 70.2 Å². The molecule has 1 amide bonds. The first-order chi connectivity index (χ1) is 44.1. The van der Waals surface area contributed by atoms with Gasteiger partial charge in [0.2, 0.25) is 5.91 Å². The molecule has 0 saturated heterocycles. The summed E-state index contributed by atoms with van der Waals surface area (Å²) < 4.78 is 304. The Morgan fingerprint density at radius 2 is 0.825 bits per heavy atom. The average Bonchev–Trinajstić information content (AvgIpc) is 0.722. The molecule has 4 atom stereocenters. The van der Waals surface area contributed by atoms with E-state index in [0.29, 0.717) is 64.1 Å². The van der Waals surface area contributed by atoms with Crippen molar-refractivity contribution in [2.75, 3.05) is 125 Å². The minimum Gasteiger partial charge on any atom is -0.465 e. The van der Waals surface area contributed by atoms with Crippen LogP contribution >= 0.6 is 11.8 Å². The summed E-state index contributed by atoms with van der Waals surface area (Å²) in [4.78, 5) is 48.7.